The minimum absolute atomic E-state index is 0.255. The Morgan fingerprint density at radius 3 is 2.69 bits per heavy atom. The van der Waals surface area contributed by atoms with Gasteiger partial charge in [-0.15, -0.1) is 0 Å². The molecule has 1 amide bonds. The third-order valence-corrected chi connectivity index (χ3v) is 5.04. The molecule has 1 atom stereocenters. The zero-order valence-electron chi connectivity index (χ0n) is 17.1. The Bertz CT molecular complexity index is 1350. The minimum Gasteiger partial charge on any atom is -0.361 e. The second-order valence-electron chi connectivity index (χ2n) is 7.38. The van der Waals surface area contributed by atoms with Crippen LogP contribution in [-0.4, -0.2) is 30.6 Å². The fraction of sp³-hybridized carbons (Fsp3) is 0.238. The van der Waals surface area contributed by atoms with Crippen LogP contribution in [0.25, 0.3) is 10.9 Å². The molecule has 3 aromatic heterocycles. The molecule has 32 heavy (non-hydrogen) atoms. The number of halogens is 3. The van der Waals surface area contributed by atoms with Crippen LogP contribution in [0.1, 0.15) is 39.3 Å². The van der Waals surface area contributed by atoms with E-state index in [2.05, 4.69) is 25.4 Å². The predicted molar refractivity (Wildman–Crippen MR) is 110 cm³/mol. The van der Waals surface area contributed by atoms with Gasteiger partial charge in [-0.3, -0.25) is 14.3 Å². The molecule has 0 bridgehead atoms. The molecule has 3 N–H and O–H groups in total. The van der Waals surface area contributed by atoms with Crippen molar-refractivity contribution in [3.05, 3.63) is 81.4 Å². The van der Waals surface area contributed by atoms with Crippen LogP contribution in [0.3, 0.4) is 0 Å². The van der Waals surface area contributed by atoms with E-state index < -0.39 is 29.4 Å². The summed E-state index contributed by atoms with van der Waals surface area (Å²) in [4.78, 5) is 34.8. The Labute approximate surface area is 179 Å². The van der Waals surface area contributed by atoms with E-state index in [4.69, 9.17) is 0 Å². The molecule has 0 radical (unpaired) electrons. The predicted octanol–water partition coefficient (Wildman–Crippen LogP) is 3.03. The highest BCUT2D eigenvalue weighted by Crippen LogP contribution is 2.29. The highest BCUT2D eigenvalue weighted by atomic mass is 19.4. The molecule has 0 unspecified atom stereocenters. The maximum Gasteiger partial charge on any atom is 0.433 e. The van der Waals surface area contributed by atoms with Crippen LogP contribution in [0.4, 0.5) is 13.2 Å². The average molecular weight is 444 g/mol. The number of carbonyl (C=O) groups excluding carboxylic acids is 1. The van der Waals surface area contributed by atoms with E-state index in [1.54, 1.807) is 13.1 Å². The number of H-pyrrole nitrogens is 2. The van der Waals surface area contributed by atoms with E-state index in [1.165, 1.54) is 6.07 Å². The quantitative estimate of drug-likeness (QED) is 0.440. The molecule has 0 saturated carbocycles. The highest BCUT2D eigenvalue weighted by Gasteiger charge is 2.36. The van der Waals surface area contributed by atoms with Gasteiger partial charge < -0.3 is 15.3 Å². The Morgan fingerprint density at radius 2 is 2.00 bits per heavy atom. The van der Waals surface area contributed by atoms with E-state index in [9.17, 15) is 22.8 Å². The standard InChI is InChI=1S/C21H19F3N6O2/c1-11-26-16(9-19(31)27-11)15(7-12-10-25-14-6-4-3-5-13(12)14)28-20(32)17-8-18(21(22,23)24)30(2)29-17/h3-6,8-10,15,25H,7H2,1-2H3,(H,28,32)(H,26,27,31)/t15-/m1/s1. The van der Waals surface area contributed by atoms with Gasteiger partial charge in [0.1, 0.15) is 11.5 Å². The van der Waals surface area contributed by atoms with Gasteiger partial charge in [0.05, 0.1) is 11.7 Å². The molecule has 0 saturated heterocycles. The second kappa shape index (κ2) is 7.98. The van der Waals surface area contributed by atoms with Crippen LogP contribution in [-0.2, 0) is 19.6 Å². The normalized spacial score (nSPS) is 12.8. The fourth-order valence-corrected chi connectivity index (χ4v) is 3.61. The summed E-state index contributed by atoms with van der Waals surface area (Å²) in [6, 6.07) is 8.72. The molecule has 1 aromatic carbocycles. The molecule has 0 aliphatic carbocycles. The van der Waals surface area contributed by atoms with Crippen molar-refractivity contribution in [3.8, 4) is 0 Å². The van der Waals surface area contributed by atoms with Gasteiger partial charge in [-0.1, -0.05) is 18.2 Å². The van der Waals surface area contributed by atoms with Crippen molar-refractivity contribution in [3.63, 3.8) is 0 Å². The van der Waals surface area contributed by atoms with Gasteiger partial charge in [-0.05, 0) is 18.6 Å². The third kappa shape index (κ3) is 4.27. The van der Waals surface area contributed by atoms with Crippen LogP contribution in [0, 0.1) is 6.92 Å². The summed E-state index contributed by atoms with van der Waals surface area (Å²) in [5.74, 6) is -0.455. The largest absolute Gasteiger partial charge is 0.433 e. The fourth-order valence-electron chi connectivity index (χ4n) is 3.61. The number of fused-ring (bicyclic) bond motifs is 1. The van der Waals surface area contributed by atoms with Crippen LogP contribution < -0.4 is 10.9 Å². The molecule has 11 heteroatoms. The molecule has 4 aromatic rings. The smallest absolute Gasteiger partial charge is 0.361 e. The number of alkyl halides is 3. The minimum atomic E-state index is -4.64. The van der Waals surface area contributed by atoms with Gasteiger partial charge >= 0.3 is 6.18 Å². The molecule has 0 aliphatic rings. The van der Waals surface area contributed by atoms with Gasteiger partial charge in [0.2, 0.25) is 0 Å². The topological polar surface area (TPSA) is 108 Å². The molecule has 0 aliphatic heterocycles. The Kier molecular flexibility index (Phi) is 5.33. The van der Waals surface area contributed by atoms with E-state index in [-0.39, 0.29) is 17.8 Å². The monoisotopic (exact) mass is 444 g/mol. The van der Waals surface area contributed by atoms with Gasteiger partial charge in [0, 0.05) is 42.7 Å². The molecular weight excluding hydrogens is 425 g/mol. The summed E-state index contributed by atoms with van der Waals surface area (Å²) in [6.45, 7) is 1.60. The number of para-hydroxylation sites is 1. The maximum absolute atomic E-state index is 13.1. The summed E-state index contributed by atoms with van der Waals surface area (Å²) < 4.78 is 39.9. The maximum atomic E-state index is 13.1. The van der Waals surface area contributed by atoms with Crippen molar-refractivity contribution < 1.29 is 18.0 Å². The number of aromatic nitrogens is 5. The summed E-state index contributed by atoms with van der Waals surface area (Å²) >= 11 is 0. The molecule has 3 heterocycles. The lowest BCUT2D eigenvalue weighted by Crippen LogP contribution is -2.32. The van der Waals surface area contributed by atoms with Crippen LogP contribution in [0.2, 0.25) is 0 Å². The van der Waals surface area contributed by atoms with Gasteiger partial charge in [0.25, 0.3) is 11.5 Å². The Morgan fingerprint density at radius 1 is 1.25 bits per heavy atom. The lowest BCUT2D eigenvalue weighted by Gasteiger charge is -2.18. The first kappa shape index (κ1) is 21.3. The number of amides is 1. The molecule has 166 valence electrons. The number of rotatable bonds is 5. The number of hydrogen-bond donors (Lipinski definition) is 3. The number of nitrogens with zero attached hydrogens (tertiary/aromatic N) is 3. The number of carbonyl (C=O) groups is 1. The lowest BCUT2D eigenvalue weighted by molar-refractivity contribution is -0.143. The second-order valence-corrected chi connectivity index (χ2v) is 7.38. The molecule has 8 nitrogen and oxygen atoms in total. The number of benzene rings is 1. The zero-order chi connectivity index (χ0) is 23.0. The van der Waals surface area contributed by atoms with Gasteiger partial charge in [-0.2, -0.15) is 18.3 Å². The summed E-state index contributed by atoms with van der Waals surface area (Å²) in [7, 11) is 1.12. The van der Waals surface area contributed by atoms with Crippen molar-refractivity contribution in [2.75, 3.05) is 0 Å². The first-order valence-corrected chi connectivity index (χ1v) is 9.67. The van der Waals surface area contributed by atoms with Gasteiger partial charge in [0.15, 0.2) is 5.69 Å². The van der Waals surface area contributed by atoms with E-state index >= 15 is 0 Å². The number of hydrogen-bond acceptors (Lipinski definition) is 4. The van der Waals surface area contributed by atoms with Crippen LogP contribution >= 0.6 is 0 Å². The van der Waals surface area contributed by atoms with Crippen LogP contribution in [0.15, 0.2) is 47.4 Å². The zero-order valence-corrected chi connectivity index (χ0v) is 17.1. The molecule has 4 rings (SSSR count). The Hall–Kier alpha value is -3.89. The lowest BCUT2D eigenvalue weighted by atomic mass is 10.0. The SMILES string of the molecule is Cc1nc([C@@H](Cc2c[nH]c3ccccc23)NC(=O)c2cc(C(F)(F)F)n(C)n2)cc(=O)[nH]1. The van der Waals surface area contributed by atoms with Crippen molar-refractivity contribution in [1.29, 1.82) is 0 Å². The van der Waals surface area contributed by atoms with Crippen molar-refractivity contribution in [2.24, 2.45) is 7.05 Å². The first-order chi connectivity index (χ1) is 15.1. The Balaban J connectivity index is 1.69. The summed E-state index contributed by atoms with van der Waals surface area (Å²) in [5.41, 5.74) is 0.204. The van der Waals surface area contributed by atoms with E-state index in [1.807, 2.05) is 24.3 Å². The van der Waals surface area contributed by atoms with Gasteiger partial charge in [-0.25, -0.2) is 4.98 Å². The number of aryl methyl sites for hydroxylation is 2. The summed E-state index contributed by atoms with van der Waals surface area (Å²) in [6.07, 6.45) is -2.61. The van der Waals surface area contributed by atoms with Crippen molar-refractivity contribution in [2.45, 2.75) is 25.6 Å². The average Bonchev–Trinajstić information content (AvgIpc) is 3.30. The highest BCUT2D eigenvalue weighted by molar-refractivity contribution is 5.92. The number of aromatic amines is 2. The first-order valence-electron chi connectivity index (χ1n) is 9.67. The summed E-state index contributed by atoms with van der Waals surface area (Å²) in [5, 5.41) is 7.31. The molecule has 0 fully saturated rings. The van der Waals surface area contributed by atoms with Crippen LogP contribution in [0.5, 0.6) is 0 Å². The van der Waals surface area contributed by atoms with E-state index in [0.717, 1.165) is 23.5 Å². The molecular formula is C21H19F3N6O2. The van der Waals surface area contributed by atoms with Crippen molar-refractivity contribution >= 4 is 16.8 Å². The van der Waals surface area contributed by atoms with Crippen molar-refractivity contribution in [1.82, 2.24) is 30.0 Å². The number of nitrogens with one attached hydrogen (secondary N) is 3. The molecule has 0 spiro atoms. The van der Waals surface area contributed by atoms with E-state index in [0.29, 0.717) is 16.6 Å². The third-order valence-electron chi connectivity index (χ3n) is 5.04.